The minimum absolute atomic E-state index is 0. The molecule has 1 spiro atoms. The highest BCUT2D eigenvalue weighted by Gasteiger charge is 2.47. The van der Waals surface area contributed by atoms with Gasteiger partial charge in [0.05, 0.1) is 5.60 Å². The first kappa shape index (κ1) is 24.7. The van der Waals surface area contributed by atoms with Crippen LogP contribution in [-0.4, -0.2) is 12.2 Å². The number of hydrogen-bond acceptors (Lipinski definition) is 1. The standard InChI is InChI=1S/C25H32O.2C2H6.2H2/c1-3-11-22(12-4-1)13-7-8-16-24(23-14-5-2-6-15-23)19-20-26-25(21-24)17-9-10-18-25;2*1-2;;/h1-6,11-12,14-15H,7-10,13,16-21H2;2*1-2H3;2*1H/t24-;;;;/m1..../s1. The zero-order valence-corrected chi connectivity index (χ0v) is 20.0. The third kappa shape index (κ3) is 6.45. The van der Waals surface area contributed by atoms with E-state index in [1.165, 1.54) is 69.8 Å². The molecule has 1 aliphatic carbocycles. The highest BCUT2D eigenvalue weighted by molar-refractivity contribution is 5.27. The molecular formula is C29H48O. The van der Waals surface area contributed by atoms with Crippen molar-refractivity contribution in [1.82, 2.24) is 0 Å². The Hall–Kier alpha value is -1.60. The summed E-state index contributed by atoms with van der Waals surface area (Å²) < 4.78 is 6.38. The van der Waals surface area contributed by atoms with E-state index in [0.29, 0.717) is 5.41 Å². The Morgan fingerprint density at radius 2 is 1.37 bits per heavy atom. The van der Waals surface area contributed by atoms with Crippen LogP contribution in [0.5, 0.6) is 0 Å². The molecule has 1 atom stereocenters. The Balaban J connectivity index is 0.00000152. The fourth-order valence-electron chi connectivity index (χ4n) is 5.39. The van der Waals surface area contributed by atoms with E-state index in [-0.39, 0.29) is 8.45 Å². The summed E-state index contributed by atoms with van der Waals surface area (Å²) in [6.45, 7) is 8.94. The molecule has 0 amide bonds. The van der Waals surface area contributed by atoms with Crippen LogP contribution in [0.2, 0.25) is 0 Å². The van der Waals surface area contributed by atoms with Crippen LogP contribution in [0.1, 0.15) is 99.5 Å². The van der Waals surface area contributed by atoms with E-state index >= 15 is 0 Å². The molecule has 1 saturated carbocycles. The van der Waals surface area contributed by atoms with Crippen molar-refractivity contribution in [1.29, 1.82) is 0 Å². The minimum atomic E-state index is 0. The number of hydrogen-bond donors (Lipinski definition) is 0. The van der Waals surface area contributed by atoms with Crippen molar-refractivity contribution >= 4 is 0 Å². The lowest BCUT2D eigenvalue weighted by molar-refractivity contribution is -0.104. The summed E-state index contributed by atoms with van der Waals surface area (Å²) in [5.41, 5.74) is 3.52. The number of ether oxygens (including phenoxy) is 1. The monoisotopic (exact) mass is 412 g/mol. The molecule has 30 heavy (non-hydrogen) atoms. The number of benzene rings is 2. The molecule has 2 fully saturated rings. The Bertz CT molecular complexity index is 683. The van der Waals surface area contributed by atoms with Crippen LogP contribution in [0.4, 0.5) is 0 Å². The summed E-state index contributed by atoms with van der Waals surface area (Å²) in [7, 11) is 0. The van der Waals surface area contributed by atoms with Crippen LogP contribution in [0.15, 0.2) is 60.7 Å². The molecule has 2 aromatic carbocycles. The van der Waals surface area contributed by atoms with Crippen LogP contribution in [0.25, 0.3) is 0 Å². The molecule has 2 aliphatic rings. The van der Waals surface area contributed by atoms with Gasteiger partial charge in [0.2, 0.25) is 0 Å². The maximum absolute atomic E-state index is 6.38. The molecule has 1 heteroatoms. The maximum Gasteiger partial charge on any atom is 0.0691 e. The van der Waals surface area contributed by atoms with Gasteiger partial charge in [-0.05, 0) is 56.1 Å². The van der Waals surface area contributed by atoms with E-state index < -0.39 is 0 Å². The average Bonchev–Trinajstić information content (AvgIpc) is 3.28. The zero-order valence-electron chi connectivity index (χ0n) is 20.0. The largest absolute Gasteiger partial charge is 0.375 e. The second kappa shape index (κ2) is 13.0. The number of aryl methyl sites for hydroxylation is 1. The number of rotatable bonds is 6. The van der Waals surface area contributed by atoms with Crippen molar-refractivity contribution < 1.29 is 7.59 Å². The summed E-state index contributed by atoms with van der Waals surface area (Å²) in [4.78, 5) is 0. The zero-order chi connectivity index (χ0) is 21.7. The summed E-state index contributed by atoms with van der Waals surface area (Å²) in [6.07, 6.45) is 12.7. The topological polar surface area (TPSA) is 9.23 Å². The first-order chi connectivity index (χ1) is 14.8. The first-order valence-corrected chi connectivity index (χ1v) is 12.5. The summed E-state index contributed by atoms with van der Waals surface area (Å²) in [6, 6.07) is 22.3. The third-order valence-corrected chi connectivity index (χ3v) is 6.76. The predicted octanol–water partition coefficient (Wildman–Crippen LogP) is 9.01. The lowest BCUT2D eigenvalue weighted by Crippen LogP contribution is -2.46. The summed E-state index contributed by atoms with van der Waals surface area (Å²) in [5.74, 6) is 0. The van der Waals surface area contributed by atoms with Gasteiger partial charge in [-0.25, -0.2) is 0 Å². The fourth-order valence-corrected chi connectivity index (χ4v) is 5.39. The second-order valence-corrected chi connectivity index (χ2v) is 8.50. The maximum atomic E-state index is 6.38. The van der Waals surface area contributed by atoms with Gasteiger partial charge < -0.3 is 4.74 Å². The lowest BCUT2D eigenvalue weighted by Gasteiger charge is -2.47. The molecule has 1 nitrogen and oxygen atoms in total. The summed E-state index contributed by atoms with van der Waals surface area (Å²) >= 11 is 0. The van der Waals surface area contributed by atoms with E-state index in [2.05, 4.69) is 60.7 Å². The normalized spacial score (nSPS) is 21.9. The minimum Gasteiger partial charge on any atom is -0.375 e. The van der Waals surface area contributed by atoms with Crippen molar-refractivity contribution in [2.24, 2.45) is 0 Å². The molecule has 1 heterocycles. The molecule has 170 valence electrons. The molecular weight excluding hydrogens is 364 g/mol. The first-order valence-electron chi connectivity index (χ1n) is 12.5. The van der Waals surface area contributed by atoms with Gasteiger partial charge in [-0.1, -0.05) is 108 Å². The molecule has 0 radical (unpaired) electrons. The van der Waals surface area contributed by atoms with E-state index in [0.717, 1.165) is 6.61 Å². The summed E-state index contributed by atoms with van der Waals surface area (Å²) in [5, 5.41) is 0. The van der Waals surface area contributed by atoms with Gasteiger partial charge >= 0.3 is 0 Å². The molecule has 0 unspecified atom stereocenters. The van der Waals surface area contributed by atoms with Gasteiger partial charge in [0.15, 0.2) is 0 Å². The SMILES string of the molecule is CC.CC.[HH].[HH].c1ccc(CCCC[C@@]2(c3ccccc3)CCOC3(CCCC3)C2)cc1. The molecule has 0 N–H and O–H groups in total. The fraction of sp³-hybridized carbons (Fsp3) is 0.586. The van der Waals surface area contributed by atoms with Crippen molar-refractivity contribution in [2.75, 3.05) is 6.61 Å². The van der Waals surface area contributed by atoms with Gasteiger partial charge in [0.1, 0.15) is 0 Å². The van der Waals surface area contributed by atoms with Gasteiger partial charge in [0, 0.05) is 14.9 Å². The number of unbranched alkanes of at least 4 members (excludes halogenated alkanes) is 1. The highest BCUT2D eigenvalue weighted by Crippen LogP contribution is 2.50. The Kier molecular flexibility index (Phi) is 10.6. The van der Waals surface area contributed by atoms with Crippen LogP contribution in [-0.2, 0) is 16.6 Å². The van der Waals surface area contributed by atoms with Gasteiger partial charge in [-0.2, -0.15) is 0 Å². The van der Waals surface area contributed by atoms with Gasteiger partial charge in [0.25, 0.3) is 0 Å². The lowest BCUT2D eigenvalue weighted by atomic mass is 9.65. The average molecular weight is 413 g/mol. The van der Waals surface area contributed by atoms with E-state index in [9.17, 15) is 0 Å². The molecule has 1 saturated heterocycles. The van der Waals surface area contributed by atoms with Crippen LogP contribution in [0, 0.1) is 0 Å². The van der Waals surface area contributed by atoms with Crippen molar-refractivity contribution in [3.05, 3.63) is 71.8 Å². The van der Waals surface area contributed by atoms with Crippen LogP contribution >= 0.6 is 0 Å². The molecule has 4 rings (SSSR count). The third-order valence-electron chi connectivity index (χ3n) is 6.76. The Morgan fingerprint density at radius 1 is 0.767 bits per heavy atom. The second-order valence-electron chi connectivity index (χ2n) is 8.50. The highest BCUT2D eigenvalue weighted by atomic mass is 16.5. The molecule has 2 aromatic rings. The van der Waals surface area contributed by atoms with E-state index in [4.69, 9.17) is 4.74 Å². The van der Waals surface area contributed by atoms with Crippen LogP contribution < -0.4 is 0 Å². The van der Waals surface area contributed by atoms with E-state index in [1.54, 1.807) is 5.56 Å². The Morgan fingerprint density at radius 3 is 2.00 bits per heavy atom. The van der Waals surface area contributed by atoms with Crippen LogP contribution in [0.3, 0.4) is 0 Å². The van der Waals surface area contributed by atoms with Crippen molar-refractivity contribution in [2.45, 2.75) is 103 Å². The smallest absolute Gasteiger partial charge is 0.0691 e. The molecule has 1 aliphatic heterocycles. The van der Waals surface area contributed by atoms with Crippen molar-refractivity contribution in [3.8, 4) is 0 Å². The van der Waals surface area contributed by atoms with Crippen molar-refractivity contribution in [3.63, 3.8) is 0 Å². The Labute approximate surface area is 189 Å². The van der Waals surface area contributed by atoms with Gasteiger partial charge in [-0.3, -0.25) is 0 Å². The van der Waals surface area contributed by atoms with E-state index in [1.807, 2.05) is 27.7 Å². The quantitative estimate of drug-likeness (QED) is 0.430. The molecule has 0 aromatic heterocycles. The van der Waals surface area contributed by atoms with Gasteiger partial charge in [-0.15, -0.1) is 0 Å². The predicted molar refractivity (Wildman–Crippen MR) is 135 cm³/mol. The molecule has 0 bridgehead atoms.